The number of carboxylic acid groups (broad SMARTS) is 1. The first-order valence-electron chi connectivity index (χ1n) is 7.63. The molecular weight excluding hydrogens is 272 g/mol. The fourth-order valence-electron chi connectivity index (χ4n) is 3.78. The molecule has 0 bridgehead atoms. The third-order valence-corrected chi connectivity index (χ3v) is 5.65. The lowest BCUT2D eigenvalue weighted by Gasteiger charge is -2.47. The normalized spacial score (nSPS) is 39.3. The molecule has 0 spiro atoms. The van der Waals surface area contributed by atoms with Crippen molar-refractivity contribution in [3.05, 3.63) is 0 Å². The van der Waals surface area contributed by atoms with Crippen LogP contribution in [0.2, 0.25) is 0 Å². The van der Waals surface area contributed by atoms with E-state index in [4.69, 9.17) is 5.73 Å². The summed E-state index contributed by atoms with van der Waals surface area (Å²) in [5, 5.41) is 19.0. The lowest BCUT2D eigenvalue weighted by molar-refractivity contribution is -0.154. The van der Waals surface area contributed by atoms with Gasteiger partial charge in [-0.15, -0.1) is 0 Å². The van der Waals surface area contributed by atoms with Crippen LogP contribution < -0.4 is 5.73 Å². The second kappa shape index (κ2) is 5.57. The Morgan fingerprint density at radius 2 is 1.90 bits per heavy atom. The highest BCUT2D eigenvalue weighted by Crippen LogP contribution is 2.45. The first-order chi connectivity index (χ1) is 9.66. The number of aliphatic hydroxyl groups is 1. The Hall–Kier alpha value is -1.14. The van der Waals surface area contributed by atoms with Crippen molar-refractivity contribution in [1.82, 2.24) is 4.90 Å². The molecule has 0 aromatic rings. The molecule has 1 saturated carbocycles. The fourth-order valence-corrected chi connectivity index (χ4v) is 3.78. The lowest BCUT2D eigenvalue weighted by atomic mass is 9.60. The first-order valence-corrected chi connectivity index (χ1v) is 7.63. The largest absolute Gasteiger partial charge is 0.480 e. The van der Waals surface area contributed by atoms with Crippen LogP contribution in [0.25, 0.3) is 0 Å². The number of rotatable bonds is 2. The maximum absolute atomic E-state index is 12.8. The molecule has 4 N–H and O–H groups in total. The van der Waals surface area contributed by atoms with Gasteiger partial charge in [0.1, 0.15) is 6.04 Å². The van der Waals surface area contributed by atoms with E-state index in [0.29, 0.717) is 6.42 Å². The number of amides is 1. The van der Waals surface area contributed by atoms with Gasteiger partial charge in [0, 0.05) is 24.9 Å². The van der Waals surface area contributed by atoms with Gasteiger partial charge in [0.15, 0.2) is 0 Å². The van der Waals surface area contributed by atoms with E-state index in [0.717, 1.165) is 6.42 Å². The molecule has 120 valence electrons. The highest BCUT2D eigenvalue weighted by atomic mass is 16.4. The zero-order valence-electron chi connectivity index (χ0n) is 13.0. The van der Waals surface area contributed by atoms with E-state index in [2.05, 4.69) is 6.92 Å². The van der Waals surface area contributed by atoms with E-state index in [1.165, 1.54) is 4.90 Å². The predicted molar refractivity (Wildman–Crippen MR) is 77.4 cm³/mol. The Morgan fingerprint density at radius 1 is 1.29 bits per heavy atom. The van der Waals surface area contributed by atoms with E-state index >= 15 is 0 Å². The maximum Gasteiger partial charge on any atom is 0.326 e. The predicted octanol–water partition coefficient (Wildman–Crippen LogP) is 0.432. The Morgan fingerprint density at radius 3 is 2.48 bits per heavy atom. The number of carboxylic acids is 1. The Balaban J connectivity index is 2.21. The zero-order valence-corrected chi connectivity index (χ0v) is 13.0. The number of nitrogens with two attached hydrogens (primary N) is 1. The van der Waals surface area contributed by atoms with E-state index in [9.17, 15) is 19.8 Å². The van der Waals surface area contributed by atoms with E-state index in [-0.39, 0.29) is 42.2 Å². The summed E-state index contributed by atoms with van der Waals surface area (Å²) in [4.78, 5) is 25.5. The average molecular weight is 298 g/mol. The van der Waals surface area contributed by atoms with Crippen LogP contribution in [0.5, 0.6) is 0 Å². The molecule has 0 aromatic carbocycles. The van der Waals surface area contributed by atoms with Gasteiger partial charge in [0.05, 0.1) is 6.10 Å². The molecule has 1 saturated heterocycles. The molecule has 2 rings (SSSR count). The minimum atomic E-state index is -1.04. The van der Waals surface area contributed by atoms with Crippen LogP contribution in [0, 0.1) is 17.3 Å². The van der Waals surface area contributed by atoms with Crippen molar-refractivity contribution in [3.8, 4) is 0 Å². The molecule has 1 amide bonds. The van der Waals surface area contributed by atoms with Gasteiger partial charge in [-0.25, -0.2) is 4.79 Å². The number of hydrogen-bond donors (Lipinski definition) is 3. The fraction of sp³-hybridized carbons (Fsp3) is 0.867. The standard InChI is InChI=1S/C15H26N2O4/c1-8-11(16)5-4-10(15(8,2)3)13(19)17-7-9(18)6-12(17)14(20)21/h8-12,18H,4-7,16H2,1-3H3,(H,20,21). The summed E-state index contributed by atoms with van der Waals surface area (Å²) >= 11 is 0. The van der Waals surface area contributed by atoms with Gasteiger partial charge in [0.25, 0.3) is 0 Å². The summed E-state index contributed by atoms with van der Waals surface area (Å²) in [6, 6.07) is -0.835. The van der Waals surface area contributed by atoms with Crippen molar-refractivity contribution in [2.75, 3.05) is 6.54 Å². The summed E-state index contributed by atoms with van der Waals surface area (Å²) in [5.41, 5.74) is 5.84. The number of aliphatic hydroxyl groups excluding tert-OH is 1. The Labute approximate surface area is 125 Å². The molecule has 2 aliphatic rings. The Kier molecular flexibility index (Phi) is 4.31. The Bertz CT molecular complexity index is 437. The van der Waals surface area contributed by atoms with E-state index in [1.54, 1.807) is 0 Å². The number of carbonyl (C=O) groups is 2. The average Bonchev–Trinajstić information content (AvgIpc) is 2.78. The monoisotopic (exact) mass is 298 g/mol. The van der Waals surface area contributed by atoms with Crippen molar-refractivity contribution in [2.45, 2.75) is 58.2 Å². The van der Waals surface area contributed by atoms with Crippen molar-refractivity contribution in [3.63, 3.8) is 0 Å². The third-order valence-electron chi connectivity index (χ3n) is 5.65. The molecule has 21 heavy (non-hydrogen) atoms. The second-order valence-corrected chi connectivity index (χ2v) is 7.14. The number of aliphatic carboxylic acids is 1. The zero-order chi connectivity index (χ0) is 15.9. The number of β-amino-alcohol motifs (C(OH)–C–C–N with tert-alkyl or cyclic N) is 1. The van der Waals surface area contributed by atoms with Gasteiger partial charge in [-0.1, -0.05) is 20.8 Å². The van der Waals surface area contributed by atoms with Gasteiger partial charge < -0.3 is 20.8 Å². The van der Waals surface area contributed by atoms with Crippen LogP contribution in [0.15, 0.2) is 0 Å². The first kappa shape index (κ1) is 16.2. The molecule has 1 aliphatic heterocycles. The van der Waals surface area contributed by atoms with Crippen molar-refractivity contribution < 1.29 is 19.8 Å². The van der Waals surface area contributed by atoms with Crippen LogP contribution >= 0.6 is 0 Å². The van der Waals surface area contributed by atoms with Gasteiger partial charge in [0.2, 0.25) is 5.91 Å². The van der Waals surface area contributed by atoms with Crippen molar-refractivity contribution >= 4 is 11.9 Å². The van der Waals surface area contributed by atoms with Crippen LogP contribution in [0.1, 0.15) is 40.0 Å². The number of nitrogens with zero attached hydrogens (tertiary/aromatic N) is 1. The van der Waals surface area contributed by atoms with Crippen molar-refractivity contribution in [2.24, 2.45) is 23.0 Å². The van der Waals surface area contributed by atoms with E-state index < -0.39 is 18.1 Å². The molecule has 1 heterocycles. The maximum atomic E-state index is 12.8. The molecule has 6 heteroatoms. The smallest absolute Gasteiger partial charge is 0.326 e. The molecule has 2 fully saturated rings. The highest BCUT2D eigenvalue weighted by Gasteiger charge is 2.49. The van der Waals surface area contributed by atoms with Crippen LogP contribution in [0.3, 0.4) is 0 Å². The van der Waals surface area contributed by atoms with Gasteiger partial charge >= 0.3 is 5.97 Å². The summed E-state index contributed by atoms with van der Waals surface area (Å²) in [6.07, 6.45) is 0.816. The second-order valence-electron chi connectivity index (χ2n) is 7.14. The minimum absolute atomic E-state index is 0.0727. The minimum Gasteiger partial charge on any atom is -0.480 e. The molecule has 0 radical (unpaired) electrons. The number of hydrogen-bond acceptors (Lipinski definition) is 4. The summed E-state index contributed by atoms with van der Waals surface area (Å²) in [7, 11) is 0. The summed E-state index contributed by atoms with van der Waals surface area (Å²) in [6.45, 7) is 6.23. The van der Waals surface area contributed by atoms with Gasteiger partial charge in [-0.3, -0.25) is 4.79 Å². The third kappa shape index (κ3) is 2.79. The highest BCUT2D eigenvalue weighted by molar-refractivity contribution is 5.86. The quantitative estimate of drug-likeness (QED) is 0.686. The van der Waals surface area contributed by atoms with Gasteiger partial charge in [-0.05, 0) is 24.2 Å². The topological polar surface area (TPSA) is 104 Å². The molecule has 0 aromatic heterocycles. The molecule has 5 atom stereocenters. The summed E-state index contributed by atoms with van der Waals surface area (Å²) < 4.78 is 0. The van der Waals surface area contributed by atoms with Crippen LogP contribution in [-0.4, -0.2) is 51.7 Å². The van der Waals surface area contributed by atoms with Crippen molar-refractivity contribution in [1.29, 1.82) is 0 Å². The lowest BCUT2D eigenvalue weighted by Crippen LogP contribution is -2.54. The molecule has 5 unspecified atom stereocenters. The number of carbonyl (C=O) groups excluding carboxylic acids is 1. The van der Waals surface area contributed by atoms with Crippen LogP contribution in [0.4, 0.5) is 0 Å². The SMILES string of the molecule is CC1C(N)CCC(C(=O)N2CC(O)CC2C(=O)O)C1(C)C. The number of likely N-dealkylation sites (tertiary alicyclic amines) is 1. The molecule has 6 nitrogen and oxygen atoms in total. The van der Waals surface area contributed by atoms with Gasteiger partial charge in [-0.2, -0.15) is 0 Å². The molecule has 1 aliphatic carbocycles. The van der Waals surface area contributed by atoms with Crippen LogP contribution in [-0.2, 0) is 9.59 Å². The summed E-state index contributed by atoms with van der Waals surface area (Å²) in [5.74, 6) is -1.24. The van der Waals surface area contributed by atoms with E-state index in [1.807, 2.05) is 13.8 Å². The molecular formula is C15H26N2O4.